The molecule has 1 amide bonds. The van der Waals surface area contributed by atoms with Crippen LogP contribution < -0.4 is 5.73 Å². The van der Waals surface area contributed by atoms with Crippen molar-refractivity contribution in [3.63, 3.8) is 0 Å². The molecule has 68 valence electrons. The molecule has 3 N–H and O–H groups in total. The largest absolute Gasteiger partial charge is 0.463 e. The van der Waals surface area contributed by atoms with Gasteiger partial charge >= 0.3 is 6.09 Å². The normalized spacial score (nSPS) is 11.3. The van der Waals surface area contributed by atoms with E-state index in [0.29, 0.717) is 5.69 Å². The van der Waals surface area contributed by atoms with Gasteiger partial charge in [-0.1, -0.05) is 6.07 Å². The zero-order chi connectivity index (χ0) is 9.84. The molecule has 0 bridgehead atoms. The molecule has 13 heavy (non-hydrogen) atoms. The fourth-order valence-electron chi connectivity index (χ4n) is 0.780. The lowest BCUT2D eigenvalue weighted by atomic mass is 10.2. The third-order valence-corrected chi connectivity index (χ3v) is 1.39. The number of aryl methyl sites for hydroxylation is 1. The van der Waals surface area contributed by atoms with Gasteiger partial charge in [-0.2, -0.15) is 4.99 Å². The molecule has 5 nitrogen and oxygen atoms in total. The molecule has 0 radical (unpaired) electrons. The Morgan fingerprint density at radius 3 is 2.77 bits per heavy atom. The van der Waals surface area contributed by atoms with Crippen molar-refractivity contribution in [1.29, 1.82) is 0 Å². The van der Waals surface area contributed by atoms with Crippen molar-refractivity contribution in [1.82, 2.24) is 4.98 Å². The van der Waals surface area contributed by atoms with Gasteiger partial charge in [-0.05, 0) is 18.6 Å². The molecule has 0 aliphatic heterocycles. The van der Waals surface area contributed by atoms with Gasteiger partial charge in [0, 0.05) is 6.20 Å². The Labute approximate surface area is 74.9 Å². The maximum Gasteiger partial charge on any atom is 0.433 e. The topological polar surface area (TPSA) is 88.6 Å². The number of pyridine rings is 1. The predicted octanol–water partition coefficient (Wildman–Crippen LogP) is 0.773. The van der Waals surface area contributed by atoms with E-state index in [9.17, 15) is 4.79 Å². The summed E-state index contributed by atoms with van der Waals surface area (Å²) < 4.78 is 0. The number of amidine groups is 1. The Bertz CT molecular complexity index is 343. The molecule has 1 aromatic heterocycles. The van der Waals surface area contributed by atoms with Crippen molar-refractivity contribution in [2.24, 2.45) is 10.7 Å². The van der Waals surface area contributed by atoms with Crippen LogP contribution >= 0.6 is 0 Å². The van der Waals surface area contributed by atoms with Crippen LogP contribution in [0.25, 0.3) is 0 Å². The highest BCUT2D eigenvalue weighted by molar-refractivity contribution is 6.00. The van der Waals surface area contributed by atoms with Crippen LogP contribution in [0.1, 0.15) is 11.3 Å². The Morgan fingerprint density at radius 1 is 1.62 bits per heavy atom. The lowest BCUT2D eigenvalue weighted by Crippen LogP contribution is -2.16. The first-order valence-corrected chi connectivity index (χ1v) is 3.59. The van der Waals surface area contributed by atoms with Crippen LogP contribution in [0.5, 0.6) is 0 Å². The second-order valence-corrected chi connectivity index (χ2v) is 2.50. The summed E-state index contributed by atoms with van der Waals surface area (Å²) in [5, 5.41) is 8.30. The quantitative estimate of drug-likeness (QED) is 0.492. The van der Waals surface area contributed by atoms with Gasteiger partial charge in [0.2, 0.25) is 0 Å². The van der Waals surface area contributed by atoms with Gasteiger partial charge in [-0.3, -0.25) is 4.98 Å². The first-order chi connectivity index (χ1) is 6.09. The zero-order valence-electron chi connectivity index (χ0n) is 7.06. The number of carbonyl (C=O) groups is 1. The molecule has 1 heterocycles. The average molecular weight is 179 g/mol. The Morgan fingerprint density at radius 2 is 2.31 bits per heavy atom. The van der Waals surface area contributed by atoms with Crippen LogP contribution in [0.2, 0.25) is 0 Å². The van der Waals surface area contributed by atoms with Crippen molar-refractivity contribution in [3.8, 4) is 0 Å². The molecule has 0 unspecified atom stereocenters. The summed E-state index contributed by atoms with van der Waals surface area (Å²) in [7, 11) is 0. The summed E-state index contributed by atoms with van der Waals surface area (Å²) in [6, 6.07) is 3.41. The Kier molecular flexibility index (Phi) is 2.59. The number of aliphatic imine (C=N–C) groups is 1. The number of hydrogen-bond donors (Lipinski definition) is 2. The summed E-state index contributed by atoms with van der Waals surface area (Å²) in [5.74, 6) is -0.0903. The molecular formula is C8H9N3O2. The summed E-state index contributed by atoms with van der Waals surface area (Å²) >= 11 is 0. The number of carboxylic acid groups (broad SMARTS) is 1. The van der Waals surface area contributed by atoms with Crippen LogP contribution in [-0.4, -0.2) is 22.0 Å². The van der Waals surface area contributed by atoms with Crippen molar-refractivity contribution < 1.29 is 9.90 Å². The van der Waals surface area contributed by atoms with Crippen LogP contribution in [0.4, 0.5) is 4.79 Å². The molecule has 0 aromatic carbocycles. The van der Waals surface area contributed by atoms with Crippen LogP contribution in [0.15, 0.2) is 23.3 Å². The van der Waals surface area contributed by atoms with Crippen LogP contribution in [0, 0.1) is 6.92 Å². The summed E-state index contributed by atoms with van der Waals surface area (Å²) in [6.45, 7) is 1.88. The lowest BCUT2D eigenvalue weighted by Gasteiger charge is -1.97. The maximum absolute atomic E-state index is 10.2. The van der Waals surface area contributed by atoms with Gasteiger partial charge in [0.15, 0.2) is 5.84 Å². The number of nitrogens with two attached hydrogens (primary N) is 1. The molecule has 5 heteroatoms. The summed E-state index contributed by atoms with van der Waals surface area (Å²) in [5.41, 5.74) is 6.70. The van der Waals surface area contributed by atoms with E-state index in [1.165, 1.54) is 0 Å². The highest BCUT2D eigenvalue weighted by atomic mass is 16.4. The first-order valence-electron chi connectivity index (χ1n) is 3.59. The predicted molar refractivity (Wildman–Crippen MR) is 47.7 cm³/mol. The number of rotatable bonds is 1. The highest BCUT2D eigenvalue weighted by Gasteiger charge is 2.01. The second kappa shape index (κ2) is 3.66. The maximum atomic E-state index is 10.2. The number of amides is 1. The van der Waals surface area contributed by atoms with E-state index in [1.807, 2.05) is 6.92 Å². The Balaban J connectivity index is 2.96. The van der Waals surface area contributed by atoms with Gasteiger partial charge in [0.05, 0.1) is 0 Å². The van der Waals surface area contributed by atoms with Crippen molar-refractivity contribution in [2.45, 2.75) is 6.92 Å². The molecule has 0 aliphatic rings. The fraction of sp³-hybridized carbons (Fsp3) is 0.125. The smallest absolute Gasteiger partial charge is 0.433 e. The third-order valence-electron chi connectivity index (χ3n) is 1.39. The van der Waals surface area contributed by atoms with E-state index in [1.54, 1.807) is 18.3 Å². The summed E-state index contributed by atoms with van der Waals surface area (Å²) in [4.78, 5) is 17.2. The van der Waals surface area contributed by atoms with Crippen LogP contribution in [0.3, 0.4) is 0 Å². The van der Waals surface area contributed by atoms with Crippen LogP contribution in [-0.2, 0) is 0 Å². The van der Waals surface area contributed by atoms with E-state index in [2.05, 4.69) is 9.98 Å². The van der Waals surface area contributed by atoms with Crippen molar-refractivity contribution in [3.05, 3.63) is 29.6 Å². The van der Waals surface area contributed by atoms with Crippen molar-refractivity contribution in [2.75, 3.05) is 0 Å². The number of nitrogens with zero attached hydrogens (tertiary/aromatic N) is 2. The zero-order valence-corrected chi connectivity index (χ0v) is 7.06. The Hall–Kier alpha value is -1.91. The summed E-state index contributed by atoms with van der Waals surface area (Å²) in [6.07, 6.45) is 0.277. The lowest BCUT2D eigenvalue weighted by molar-refractivity contribution is 0.205. The van der Waals surface area contributed by atoms with E-state index in [-0.39, 0.29) is 5.84 Å². The number of hydrogen-bond acceptors (Lipinski definition) is 2. The molecule has 0 aliphatic carbocycles. The molecule has 1 rings (SSSR count). The van der Waals surface area contributed by atoms with Gasteiger partial charge < -0.3 is 10.8 Å². The first kappa shape index (κ1) is 9.18. The third kappa shape index (κ3) is 2.55. The van der Waals surface area contributed by atoms with Gasteiger partial charge in [-0.25, -0.2) is 4.79 Å². The fourth-order valence-corrected chi connectivity index (χ4v) is 0.780. The monoisotopic (exact) mass is 179 g/mol. The minimum atomic E-state index is -1.32. The molecule has 1 aromatic rings. The molecule has 0 spiro atoms. The average Bonchev–Trinajstić information content (AvgIpc) is 2.04. The molecule has 0 saturated heterocycles. The van der Waals surface area contributed by atoms with E-state index in [0.717, 1.165) is 5.56 Å². The van der Waals surface area contributed by atoms with Gasteiger partial charge in [0.25, 0.3) is 0 Å². The minimum absolute atomic E-state index is 0.0903. The number of aromatic nitrogens is 1. The minimum Gasteiger partial charge on any atom is -0.463 e. The highest BCUT2D eigenvalue weighted by Crippen LogP contribution is 1.97. The standard InChI is InChI=1S/C8H9N3O2/c1-5-2-3-6(10-4-5)7(9)11-8(12)13/h2-4H,1H3,(H2,9,11)(H,12,13). The molecule has 0 saturated carbocycles. The molecule has 0 fully saturated rings. The van der Waals surface area contributed by atoms with Crippen molar-refractivity contribution >= 4 is 11.9 Å². The van der Waals surface area contributed by atoms with E-state index >= 15 is 0 Å². The second-order valence-electron chi connectivity index (χ2n) is 2.50. The van der Waals surface area contributed by atoms with Gasteiger partial charge in [-0.15, -0.1) is 0 Å². The van der Waals surface area contributed by atoms with E-state index < -0.39 is 6.09 Å². The molecule has 0 atom stereocenters. The van der Waals surface area contributed by atoms with E-state index in [4.69, 9.17) is 10.8 Å². The SMILES string of the molecule is Cc1ccc(C(N)=NC(=O)O)nc1. The molecular weight excluding hydrogens is 170 g/mol. The van der Waals surface area contributed by atoms with Gasteiger partial charge in [0.1, 0.15) is 5.69 Å².